The van der Waals surface area contributed by atoms with E-state index >= 15 is 0 Å². The molecular formula is C34H31N3O5. The van der Waals surface area contributed by atoms with Crippen LogP contribution in [0.1, 0.15) is 39.4 Å². The number of carbonyl (C=O) groups excluding carboxylic acids is 2. The van der Waals surface area contributed by atoms with Crippen molar-refractivity contribution in [2.75, 3.05) is 25.0 Å². The van der Waals surface area contributed by atoms with Gasteiger partial charge in [-0.2, -0.15) is 0 Å². The highest BCUT2D eigenvalue weighted by molar-refractivity contribution is 6.01. The number of aromatic carboxylic acids is 1. The first-order chi connectivity index (χ1) is 20.4. The Kier molecular flexibility index (Phi) is 7.46. The van der Waals surface area contributed by atoms with Crippen molar-refractivity contribution in [2.24, 2.45) is 0 Å². The lowest BCUT2D eigenvalue weighted by Crippen LogP contribution is -2.58. The summed E-state index contributed by atoms with van der Waals surface area (Å²) in [5.41, 5.74) is 4.94. The number of carboxylic acids is 1. The Hall–Kier alpha value is -4.95. The zero-order chi connectivity index (χ0) is 29.1. The molecule has 0 aromatic heterocycles. The number of likely N-dealkylation sites (tertiary alicyclic amines) is 1. The van der Waals surface area contributed by atoms with E-state index in [0.717, 1.165) is 27.8 Å². The summed E-state index contributed by atoms with van der Waals surface area (Å²) in [5.74, 6) is -1.53. The third-order valence-corrected chi connectivity index (χ3v) is 8.11. The molecule has 1 heterocycles. The molecule has 1 saturated heterocycles. The van der Waals surface area contributed by atoms with Crippen LogP contribution in [0.5, 0.6) is 0 Å². The van der Waals surface area contributed by atoms with Crippen molar-refractivity contribution in [1.29, 1.82) is 0 Å². The van der Waals surface area contributed by atoms with E-state index < -0.39 is 17.6 Å². The van der Waals surface area contributed by atoms with Gasteiger partial charge >= 0.3 is 12.1 Å². The summed E-state index contributed by atoms with van der Waals surface area (Å²) < 4.78 is 5.81. The van der Waals surface area contributed by atoms with Crippen LogP contribution < -0.4 is 10.6 Å². The molecule has 2 aliphatic rings. The highest BCUT2D eigenvalue weighted by Crippen LogP contribution is 2.44. The SMILES string of the molecule is O=C(NC1(C(=O)Nc2ccc(C(=O)O)cc2)CCN(Cc2ccccc2)C1)OCC1c2ccccc2-c2ccccc21. The van der Waals surface area contributed by atoms with Crippen LogP contribution in [-0.4, -0.2) is 53.2 Å². The number of fused-ring (bicyclic) bond motifs is 3. The smallest absolute Gasteiger partial charge is 0.408 e. The summed E-state index contributed by atoms with van der Waals surface area (Å²) in [7, 11) is 0. The Morgan fingerprint density at radius 2 is 1.45 bits per heavy atom. The van der Waals surface area contributed by atoms with Gasteiger partial charge in [-0.3, -0.25) is 9.69 Å². The molecule has 1 unspecified atom stereocenters. The Morgan fingerprint density at radius 3 is 2.10 bits per heavy atom. The molecule has 0 bridgehead atoms. The van der Waals surface area contributed by atoms with Crippen LogP contribution in [0, 0.1) is 0 Å². The summed E-state index contributed by atoms with van der Waals surface area (Å²) in [5, 5.41) is 15.0. The van der Waals surface area contributed by atoms with Gasteiger partial charge in [0, 0.05) is 31.2 Å². The maximum Gasteiger partial charge on any atom is 0.408 e. The second kappa shape index (κ2) is 11.5. The van der Waals surface area contributed by atoms with Crippen molar-refractivity contribution < 1.29 is 24.2 Å². The normalized spacial score (nSPS) is 17.7. The minimum Gasteiger partial charge on any atom is -0.478 e. The average molecular weight is 562 g/mol. The van der Waals surface area contributed by atoms with E-state index in [1.807, 2.05) is 54.6 Å². The van der Waals surface area contributed by atoms with Gasteiger partial charge in [-0.15, -0.1) is 0 Å². The van der Waals surface area contributed by atoms with Crippen LogP contribution in [-0.2, 0) is 16.1 Å². The molecule has 1 fully saturated rings. The second-order valence-electron chi connectivity index (χ2n) is 10.8. The van der Waals surface area contributed by atoms with Crippen molar-refractivity contribution in [3.8, 4) is 11.1 Å². The van der Waals surface area contributed by atoms with E-state index in [1.165, 1.54) is 12.1 Å². The Balaban J connectivity index is 1.19. The molecule has 1 aliphatic heterocycles. The van der Waals surface area contributed by atoms with Crippen molar-refractivity contribution in [2.45, 2.75) is 24.4 Å². The van der Waals surface area contributed by atoms with Gasteiger partial charge in [0.25, 0.3) is 5.91 Å². The number of hydrogen-bond donors (Lipinski definition) is 3. The van der Waals surface area contributed by atoms with Crippen LogP contribution in [0.3, 0.4) is 0 Å². The van der Waals surface area contributed by atoms with E-state index in [2.05, 4.69) is 39.8 Å². The summed E-state index contributed by atoms with van der Waals surface area (Å²) >= 11 is 0. The molecule has 0 radical (unpaired) electrons. The highest BCUT2D eigenvalue weighted by atomic mass is 16.5. The standard InChI is InChI=1S/C34H31N3O5/c38-31(39)24-14-16-25(17-15-24)35-32(40)34(18-19-37(22-34)20-23-8-2-1-3-9-23)36-33(41)42-21-30-28-12-6-4-10-26(28)27-11-5-7-13-29(27)30/h1-17,30H,18-22H2,(H,35,40)(H,36,41)(H,38,39). The fourth-order valence-electron chi connectivity index (χ4n) is 5.99. The lowest BCUT2D eigenvalue weighted by molar-refractivity contribution is -0.121. The first-order valence-electron chi connectivity index (χ1n) is 14.0. The molecule has 4 aromatic carbocycles. The first-order valence-corrected chi connectivity index (χ1v) is 14.0. The Morgan fingerprint density at radius 1 is 0.833 bits per heavy atom. The summed E-state index contributed by atoms with van der Waals surface area (Å²) in [6.07, 6.45) is -0.266. The van der Waals surface area contributed by atoms with Crippen molar-refractivity contribution >= 4 is 23.7 Å². The number of carboxylic acid groups (broad SMARTS) is 1. The van der Waals surface area contributed by atoms with Gasteiger partial charge in [-0.1, -0.05) is 78.9 Å². The Labute approximate surface area is 243 Å². The monoisotopic (exact) mass is 561 g/mol. The maximum atomic E-state index is 13.8. The van der Waals surface area contributed by atoms with Crippen molar-refractivity contribution in [3.05, 3.63) is 125 Å². The quantitative estimate of drug-likeness (QED) is 0.262. The second-order valence-corrected chi connectivity index (χ2v) is 10.8. The van der Waals surface area contributed by atoms with Crippen LogP contribution in [0.25, 0.3) is 11.1 Å². The predicted molar refractivity (Wildman–Crippen MR) is 159 cm³/mol. The third-order valence-electron chi connectivity index (χ3n) is 8.11. The number of anilines is 1. The summed E-state index contributed by atoms with van der Waals surface area (Å²) in [4.78, 5) is 40.5. The van der Waals surface area contributed by atoms with Gasteiger partial charge in [-0.05, 0) is 58.5 Å². The van der Waals surface area contributed by atoms with Crippen LogP contribution in [0.4, 0.5) is 10.5 Å². The van der Waals surface area contributed by atoms with Crippen molar-refractivity contribution in [1.82, 2.24) is 10.2 Å². The van der Waals surface area contributed by atoms with E-state index in [0.29, 0.717) is 31.7 Å². The summed E-state index contributed by atoms with van der Waals surface area (Å²) in [6, 6.07) is 32.2. The molecule has 3 N–H and O–H groups in total. The van der Waals surface area contributed by atoms with Gasteiger partial charge < -0.3 is 20.5 Å². The molecule has 1 atom stereocenters. The van der Waals surface area contributed by atoms with E-state index in [1.54, 1.807) is 12.1 Å². The number of alkyl carbamates (subject to hydrolysis) is 1. The predicted octanol–water partition coefficient (Wildman–Crippen LogP) is 5.51. The minimum atomic E-state index is -1.23. The Bertz CT molecular complexity index is 1580. The van der Waals surface area contributed by atoms with Gasteiger partial charge in [0.05, 0.1) is 5.56 Å². The molecule has 0 spiro atoms. The van der Waals surface area contributed by atoms with Gasteiger partial charge in [0.1, 0.15) is 12.1 Å². The number of nitrogens with one attached hydrogen (secondary N) is 2. The van der Waals surface area contributed by atoms with Crippen LogP contribution >= 0.6 is 0 Å². The molecule has 8 heteroatoms. The first kappa shape index (κ1) is 27.2. The number of amides is 2. The lowest BCUT2D eigenvalue weighted by Gasteiger charge is -2.29. The molecule has 212 valence electrons. The zero-order valence-corrected chi connectivity index (χ0v) is 23.0. The average Bonchev–Trinajstić information content (AvgIpc) is 3.56. The van der Waals surface area contributed by atoms with Gasteiger partial charge in [0.2, 0.25) is 0 Å². The minimum absolute atomic E-state index is 0.0983. The van der Waals surface area contributed by atoms with Gasteiger partial charge in [0.15, 0.2) is 0 Å². The molecule has 6 rings (SSSR count). The topological polar surface area (TPSA) is 108 Å². The van der Waals surface area contributed by atoms with E-state index in [-0.39, 0.29) is 24.0 Å². The highest BCUT2D eigenvalue weighted by Gasteiger charge is 2.46. The van der Waals surface area contributed by atoms with Crippen LogP contribution in [0.2, 0.25) is 0 Å². The zero-order valence-electron chi connectivity index (χ0n) is 23.0. The number of ether oxygens (including phenoxy) is 1. The summed E-state index contributed by atoms with van der Waals surface area (Å²) in [6.45, 7) is 1.67. The molecule has 0 saturated carbocycles. The maximum absolute atomic E-state index is 13.8. The molecule has 42 heavy (non-hydrogen) atoms. The number of benzene rings is 4. The number of rotatable bonds is 8. The molecular weight excluding hydrogens is 530 g/mol. The van der Waals surface area contributed by atoms with Crippen LogP contribution in [0.15, 0.2) is 103 Å². The number of carbonyl (C=O) groups is 3. The molecule has 2 amide bonds. The number of nitrogens with zero attached hydrogens (tertiary/aromatic N) is 1. The lowest BCUT2D eigenvalue weighted by atomic mass is 9.97. The largest absolute Gasteiger partial charge is 0.478 e. The third kappa shape index (κ3) is 5.49. The van der Waals surface area contributed by atoms with E-state index in [4.69, 9.17) is 4.74 Å². The molecule has 1 aliphatic carbocycles. The van der Waals surface area contributed by atoms with Gasteiger partial charge in [-0.25, -0.2) is 9.59 Å². The molecule has 8 nitrogen and oxygen atoms in total. The number of hydrogen-bond acceptors (Lipinski definition) is 5. The fourth-order valence-corrected chi connectivity index (χ4v) is 5.99. The van der Waals surface area contributed by atoms with Crippen molar-refractivity contribution in [3.63, 3.8) is 0 Å². The van der Waals surface area contributed by atoms with E-state index in [9.17, 15) is 19.5 Å². The molecule has 4 aromatic rings. The fraction of sp³-hybridized carbons (Fsp3) is 0.206.